The van der Waals surface area contributed by atoms with Crippen LogP contribution < -0.4 is 0 Å². The van der Waals surface area contributed by atoms with Crippen molar-refractivity contribution in [1.82, 2.24) is 0 Å². The SMILES string of the molecule is CC(C1(CO)c2ccccc2-c2ccccc21)C1(CO)c2ccccc2-c2ccccc21. The van der Waals surface area contributed by atoms with Crippen LogP contribution in [0.25, 0.3) is 22.3 Å². The van der Waals surface area contributed by atoms with Crippen molar-refractivity contribution in [2.75, 3.05) is 13.2 Å². The van der Waals surface area contributed by atoms with Gasteiger partial charge in [0.15, 0.2) is 0 Å². The molecule has 2 aliphatic rings. The van der Waals surface area contributed by atoms with Crippen LogP contribution >= 0.6 is 0 Å². The van der Waals surface area contributed by atoms with Crippen LogP contribution in [0.3, 0.4) is 0 Å². The van der Waals surface area contributed by atoms with E-state index in [0.717, 1.165) is 22.3 Å². The molecule has 0 aromatic heterocycles. The maximum Gasteiger partial charge on any atom is 0.0572 e. The highest BCUT2D eigenvalue weighted by Gasteiger charge is 2.57. The lowest BCUT2D eigenvalue weighted by Crippen LogP contribution is -2.50. The predicted molar refractivity (Wildman–Crippen MR) is 129 cm³/mol. The summed E-state index contributed by atoms with van der Waals surface area (Å²) in [5.41, 5.74) is 8.04. The number of benzene rings is 4. The number of hydrogen-bond donors (Lipinski definition) is 2. The fraction of sp³-hybridized carbons (Fsp3) is 0.200. The summed E-state index contributed by atoms with van der Waals surface area (Å²) in [6, 6.07) is 33.7. The Hall–Kier alpha value is -3.20. The first kappa shape index (κ1) is 19.5. The molecule has 0 saturated heterocycles. The Morgan fingerprint density at radius 2 is 0.750 bits per heavy atom. The van der Waals surface area contributed by atoms with E-state index in [1.54, 1.807) is 0 Å². The largest absolute Gasteiger partial charge is 0.395 e. The number of aliphatic hydroxyl groups excluding tert-OH is 2. The van der Waals surface area contributed by atoms with Gasteiger partial charge in [-0.2, -0.15) is 0 Å². The zero-order chi connectivity index (χ0) is 21.9. The monoisotopic (exact) mass is 418 g/mol. The van der Waals surface area contributed by atoms with Crippen LogP contribution in [0.2, 0.25) is 0 Å². The summed E-state index contributed by atoms with van der Waals surface area (Å²) in [7, 11) is 0. The van der Waals surface area contributed by atoms with Crippen LogP contribution in [-0.2, 0) is 10.8 Å². The van der Waals surface area contributed by atoms with Gasteiger partial charge in [-0.1, -0.05) is 104 Å². The Bertz CT molecular complexity index is 1140. The smallest absolute Gasteiger partial charge is 0.0572 e. The first-order valence-corrected chi connectivity index (χ1v) is 11.3. The molecule has 0 fully saturated rings. The van der Waals surface area contributed by atoms with Gasteiger partial charge in [-0.3, -0.25) is 0 Å². The van der Waals surface area contributed by atoms with Crippen LogP contribution in [0, 0.1) is 5.92 Å². The molecule has 0 spiro atoms. The Balaban J connectivity index is 1.69. The summed E-state index contributed by atoms with van der Waals surface area (Å²) in [5, 5.41) is 22.3. The van der Waals surface area contributed by atoms with E-state index in [1.807, 2.05) is 0 Å². The normalized spacial score (nSPS) is 16.4. The fourth-order valence-electron chi connectivity index (χ4n) is 6.69. The van der Waals surface area contributed by atoms with Crippen molar-refractivity contribution < 1.29 is 10.2 Å². The van der Waals surface area contributed by atoms with Crippen molar-refractivity contribution in [2.45, 2.75) is 17.8 Å². The minimum Gasteiger partial charge on any atom is -0.395 e. The van der Waals surface area contributed by atoms with E-state index in [1.165, 1.54) is 22.3 Å². The van der Waals surface area contributed by atoms with E-state index >= 15 is 0 Å². The highest BCUT2D eigenvalue weighted by Crippen LogP contribution is 2.61. The fourth-order valence-corrected chi connectivity index (χ4v) is 6.69. The Morgan fingerprint density at radius 3 is 1.00 bits per heavy atom. The molecule has 2 aliphatic carbocycles. The molecule has 0 unspecified atom stereocenters. The minimum absolute atomic E-state index is 0.0196. The second kappa shape index (κ2) is 6.90. The third kappa shape index (κ3) is 2.16. The zero-order valence-corrected chi connectivity index (χ0v) is 18.1. The van der Waals surface area contributed by atoms with Gasteiger partial charge in [-0.05, 0) is 50.4 Å². The van der Waals surface area contributed by atoms with E-state index < -0.39 is 10.8 Å². The maximum atomic E-state index is 11.2. The molecule has 158 valence electrons. The number of fused-ring (bicyclic) bond motifs is 6. The molecule has 0 atom stereocenters. The lowest BCUT2D eigenvalue weighted by atomic mass is 9.56. The molecule has 6 rings (SSSR count). The molecule has 0 heterocycles. The van der Waals surface area contributed by atoms with Crippen LogP contribution in [0.4, 0.5) is 0 Å². The van der Waals surface area contributed by atoms with Crippen molar-refractivity contribution in [3.05, 3.63) is 119 Å². The van der Waals surface area contributed by atoms with E-state index in [2.05, 4.69) is 104 Å². The molecule has 2 nitrogen and oxygen atoms in total. The van der Waals surface area contributed by atoms with E-state index in [0.29, 0.717) is 0 Å². The maximum absolute atomic E-state index is 11.2. The van der Waals surface area contributed by atoms with Crippen LogP contribution in [0.5, 0.6) is 0 Å². The summed E-state index contributed by atoms with van der Waals surface area (Å²) >= 11 is 0. The average molecular weight is 419 g/mol. The predicted octanol–water partition coefficient (Wildman–Crippen LogP) is 5.54. The third-order valence-corrected chi connectivity index (χ3v) is 8.19. The molecule has 4 aromatic rings. The summed E-state index contributed by atoms with van der Waals surface area (Å²) in [6.45, 7) is 2.17. The molecule has 0 saturated carbocycles. The van der Waals surface area contributed by atoms with Crippen LogP contribution in [0.1, 0.15) is 29.2 Å². The van der Waals surface area contributed by atoms with Gasteiger partial charge >= 0.3 is 0 Å². The first-order chi connectivity index (χ1) is 15.7. The van der Waals surface area contributed by atoms with Gasteiger partial charge in [0.25, 0.3) is 0 Å². The molecule has 0 aliphatic heterocycles. The van der Waals surface area contributed by atoms with Gasteiger partial charge in [-0.25, -0.2) is 0 Å². The summed E-state index contributed by atoms with van der Waals surface area (Å²) in [4.78, 5) is 0. The number of hydrogen-bond acceptors (Lipinski definition) is 2. The van der Waals surface area contributed by atoms with Gasteiger partial charge in [0.2, 0.25) is 0 Å². The quantitative estimate of drug-likeness (QED) is 0.457. The standard InChI is InChI=1S/C30H26O2/c1-20(29(18-31)25-14-6-2-10-21(25)22-11-3-7-15-26(22)29)30(19-32)27-16-8-4-12-23(27)24-13-5-9-17-28(24)30/h2-17,20,31-32H,18-19H2,1H3. The molecular weight excluding hydrogens is 392 g/mol. The van der Waals surface area contributed by atoms with Gasteiger partial charge in [-0.15, -0.1) is 0 Å². The van der Waals surface area contributed by atoms with E-state index in [4.69, 9.17) is 0 Å². The van der Waals surface area contributed by atoms with Crippen molar-refractivity contribution >= 4 is 0 Å². The topological polar surface area (TPSA) is 40.5 Å². The third-order valence-electron chi connectivity index (χ3n) is 8.19. The van der Waals surface area contributed by atoms with Gasteiger partial charge in [0.1, 0.15) is 0 Å². The molecule has 0 radical (unpaired) electrons. The minimum atomic E-state index is -0.625. The molecular formula is C30H26O2. The van der Waals surface area contributed by atoms with E-state index in [-0.39, 0.29) is 19.1 Å². The second-order valence-corrected chi connectivity index (χ2v) is 9.16. The molecule has 0 bridgehead atoms. The molecule has 0 amide bonds. The van der Waals surface area contributed by atoms with Crippen molar-refractivity contribution in [1.29, 1.82) is 0 Å². The molecule has 4 aromatic carbocycles. The second-order valence-electron chi connectivity index (χ2n) is 9.16. The van der Waals surface area contributed by atoms with Gasteiger partial charge in [0, 0.05) is 10.8 Å². The van der Waals surface area contributed by atoms with Gasteiger partial charge in [0.05, 0.1) is 13.2 Å². The Kier molecular flexibility index (Phi) is 4.20. The summed E-state index contributed by atoms with van der Waals surface area (Å²) in [6.07, 6.45) is 0. The lowest BCUT2D eigenvalue weighted by Gasteiger charge is -2.47. The average Bonchev–Trinajstić information content (AvgIpc) is 3.32. The van der Waals surface area contributed by atoms with Crippen LogP contribution in [0.15, 0.2) is 97.1 Å². The van der Waals surface area contributed by atoms with Gasteiger partial charge < -0.3 is 10.2 Å². The van der Waals surface area contributed by atoms with Crippen molar-refractivity contribution in [3.63, 3.8) is 0 Å². The zero-order valence-electron chi connectivity index (χ0n) is 18.1. The summed E-state index contributed by atoms with van der Waals surface area (Å²) in [5.74, 6) is -0.0976. The van der Waals surface area contributed by atoms with E-state index in [9.17, 15) is 10.2 Å². The number of rotatable bonds is 4. The molecule has 2 heteroatoms. The highest BCUT2D eigenvalue weighted by molar-refractivity contribution is 5.84. The molecule has 2 N–H and O–H groups in total. The highest BCUT2D eigenvalue weighted by atomic mass is 16.3. The Morgan fingerprint density at radius 1 is 0.500 bits per heavy atom. The Labute approximate surface area is 188 Å². The first-order valence-electron chi connectivity index (χ1n) is 11.3. The van der Waals surface area contributed by atoms with Crippen LogP contribution in [-0.4, -0.2) is 23.4 Å². The molecule has 32 heavy (non-hydrogen) atoms. The lowest BCUT2D eigenvalue weighted by molar-refractivity contribution is 0.0981. The summed E-state index contributed by atoms with van der Waals surface area (Å²) < 4.78 is 0. The van der Waals surface area contributed by atoms with Crippen molar-refractivity contribution in [3.8, 4) is 22.3 Å². The number of aliphatic hydroxyl groups is 2. The van der Waals surface area contributed by atoms with Crippen molar-refractivity contribution in [2.24, 2.45) is 5.92 Å².